The van der Waals surface area contributed by atoms with E-state index >= 15 is 0 Å². The van der Waals surface area contributed by atoms with Gasteiger partial charge in [-0.3, -0.25) is 4.99 Å². The van der Waals surface area contributed by atoms with E-state index in [2.05, 4.69) is 58.5 Å². The first kappa shape index (κ1) is 23.7. The Balaban J connectivity index is 0.00000338. The number of thiophene rings is 1. The molecule has 2 heterocycles. The smallest absolute Gasteiger partial charge is 0.191 e. The van der Waals surface area contributed by atoms with E-state index in [0.717, 1.165) is 18.9 Å². The Hall–Kier alpha value is -0.380. The quantitative estimate of drug-likeness (QED) is 0.253. The van der Waals surface area contributed by atoms with Gasteiger partial charge in [-0.25, -0.2) is 0 Å². The second-order valence-corrected chi connectivity index (χ2v) is 8.49. The first-order valence-electron chi connectivity index (χ1n) is 9.50. The maximum Gasteiger partial charge on any atom is 0.191 e. The summed E-state index contributed by atoms with van der Waals surface area (Å²) in [5, 5.41) is 6.95. The zero-order chi connectivity index (χ0) is 18.1. The number of aryl methyl sites for hydroxylation is 1. The van der Waals surface area contributed by atoms with Gasteiger partial charge in [0.05, 0.1) is 0 Å². The Kier molecular flexibility index (Phi) is 11.7. The molecule has 1 fully saturated rings. The molecule has 1 aliphatic heterocycles. The molecule has 150 valence electrons. The van der Waals surface area contributed by atoms with Gasteiger partial charge in [-0.2, -0.15) is 0 Å². The summed E-state index contributed by atoms with van der Waals surface area (Å²) < 4.78 is 0. The van der Waals surface area contributed by atoms with E-state index in [1.54, 1.807) is 0 Å². The molecule has 26 heavy (non-hydrogen) atoms. The molecule has 1 unspecified atom stereocenters. The largest absolute Gasteiger partial charge is 0.356 e. The molecule has 1 aromatic heterocycles. The zero-order valence-electron chi connectivity index (χ0n) is 16.8. The predicted molar refractivity (Wildman–Crippen MR) is 125 cm³/mol. The molecule has 1 aromatic rings. The second kappa shape index (κ2) is 12.9. The van der Waals surface area contributed by atoms with Gasteiger partial charge in [0.2, 0.25) is 0 Å². The van der Waals surface area contributed by atoms with Crippen LogP contribution in [0.4, 0.5) is 0 Å². The monoisotopic (exact) mass is 493 g/mol. The van der Waals surface area contributed by atoms with Crippen LogP contribution in [0, 0.1) is 6.92 Å². The molecule has 2 rings (SSSR count). The topological polar surface area (TPSA) is 42.9 Å². The van der Waals surface area contributed by atoms with E-state index in [1.165, 1.54) is 55.3 Å². The summed E-state index contributed by atoms with van der Waals surface area (Å²) in [5.41, 5.74) is 0. The minimum absolute atomic E-state index is 0. The van der Waals surface area contributed by atoms with Gasteiger partial charge < -0.3 is 20.4 Å². The first-order valence-corrected chi connectivity index (χ1v) is 10.3. The van der Waals surface area contributed by atoms with Crippen molar-refractivity contribution in [3.05, 3.63) is 21.9 Å². The summed E-state index contributed by atoms with van der Waals surface area (Å²) in [5.74, 6) is 0.917. The van der Waals surface area contributed by atoms with Gasteiger partial charge in [0.15, 0.2) is 5.96 Å². The minimum atomic E-state index is 0. The summed E-state index contributed by atoms with van der Waals surface area (Å²) in [4.78, 5) is 12.2. The highest BCUT2D eigenvalue weighted by Gasteiger charge is 2.12. The number of piperazine rings is 1. The van der Waals surface area contributed by atoms with Crippen LogP contribution in [0.2, 0.25) is 0 Å². The van der Waals surface area contributed by atoms with Crippen LogP contribution in [0.3, 0.4) is 0 Å². The number of likely N-dealkylation sites (N-methyl/N-ethyl adjacent to an activating group) is 1. The highest BCUT2D eigenvalue weighted by molar-refractivity contribution is 14.0. The van der Waals surface area contributed by atoms with Crippen molar-refractivity contribution in [1.82, 2.24) is 20.4 Å². The van der Waals surface area contributed by atoms with Crippen LogP contribution in [0.25, 0.3) is 0 Å². The highest BCUT2D eigenvalue weighted by atomic mass is 127. The normalized spacial score (nSPS) is 17.6. The van der Waals surface area contributed by atoms with Crippen LogP contribution in [0.15, 0.2) is 17.1 Å². The third-order valence-corrected chi connectivity index (χ3v) is 5.72. The summed E-state index contributed by atoms with van der Waals surface area (Å²) in [6, 6.07) is 4.81. The lowest BCUT2D eigenvalue weighted by Gasteiger charge is -2.32. The van der Waals surface area contributed by atoms with Crippen molar-refractivity contribution in [1.29, 1.82) is 0 Å². The lowest BCUT2D eigenvalue weighted by atomic mass is 10.2. The Morgan fingerprint density at radius 3 is 2.58 bits per heavy atom. The number of guanidine groups is 1. The maximum absolute atomic E-state index is 4.35. The number of rotatable bonds is 8. The van der Waals surface area contributed by atoms with E-state index in [9.17, 15) is 0 Å². The summed E-state index contributed by atoms with van der Waals surface area (Å²) in [7, 11) is 4.06. The van der Waals surface area contributed by atoms with Gasteiger partial charge >= 0.3 is 0 Å². The fourth-order valence-electron chi connectivity index (χ4n) is 3.11. The van der Waals surface area contributed by atoms with Crippen LogP contribution in [0.1, 0.15) is 29.5 Å². The van der Waals surface area contributed by atoms with Crippen LogP contribution in [-0.4, -0.2) is 75.2 Å². The molecule has 5 nitrogen and oxygen atoms in total. The van der Waals surface area contributed by atoms with Crippen molar-refractivity contribution < 1.29 is 0 Å². The average molecular weight is 494 g/mol. The Labute approximate surface area is 180 Å². The fraction of sp³-hybridized carbons (Fsp3) is 0.737. The van der Waals surface area contributed by atoms with Crippen LogP contribution in [0.5, 0.6) is 0 Å². The second-order valence-electron chi connectivity index (χ2n) is 7.11. The van der Waals surface area contributed by atoms with E-state index < -0.39 is 0 Å². The molecule has 0 bridgehead atoms. The minimum Gasteiger partial charge on any atom is -0.356 e. The molecule has 1 saturated heterocycles. The number of hydrogen-bond acceptors (Lipinski definition) is 4. The Morgan fingerprint density at radius 1 is 1.23 bits per heavy atom. The molecular weight excluding hydrogens is 457 g/mol. The van der Waals surface area contributed by atoms with Crippen molar-refractivity contribution in [3.63, 3.8) is 0 Å². The van der Waals surface area contributed by atoms with Gasteiger partial charge in [0, 0.05) is 62.0 Å². The van der Waals surface area contributed by atoms with E-state index in [-0.39, 0.29) is 24.0 Å². The molecule has 7 heteroatoms. The van der Waals surface area contributed by atoms with Crippen molar-refractivity contribution in [2.24, 2.45) is 4.99 Å². The molecule has 0 aliphatic carbocycles. The predicted octanol–water partition coefficient (Wildman–Crippen LogP) is 2.80. The summed E-state index contributed by atoms with van der Waals surface area (Å²) in [6.45, 7) is 11.4. The number of nitrogens with zero attached hydrogens (tertiary/aromatic N) is 3. The fourth-order valence-corrected chi connectivity index (χ4v) is 4.13. The van der Waals surface area contributed by atoms with Gasteiger partial charge in [0.25, 0.3) is 0 Å². The van der Waals surface area contributed by atoms with Crippen molar-refractivity contribution in [3.8, 4) is 0 Å². The van der Waals surface area contributed by atoms with Crippen LogP contribution >= 0.6 is 35.3 Å². The number of halogens is 1. The number of unbranched alkanes of at least 4 members (excludes halogenated alkanes) is 1. The number of hydrogen-bond donors (Lipinski definition) is 2. The first-order chi connectivity index (χ1) is 12.1. The van der Waals surface area contributed by atoms with Gasteiger partial charge in [-0.15, -0.1) is 35.3 Å². The van der Waals surface area contributed by atoms with Gasteiger partial charge in [0.1, 0.15) is 0 Å². The molecule has 0 amide bonds. The average Bonchev–Trinajstić information content (AvgIpc) is 2.99. The summed E-state index contributed by atoms with van der Waals surface area (Å²) in [6.07, 6.45) is 3.48. The molecule has 2 N–H and O–H groups in total. The SMILES string of the molecule is CN=C(NCCCCN1CCN(C)CC1)NC(C)Cc1ccc(C)s1.I. The highest BCUT2D eigenvalue weighted by Crippen LogP contribution is 2.16. The molecule has 0 saturated carbocycles. The van der Waals surface area contributed by atoms with Crippen molar-refractivity contribution >= 4 is 41.3 Å². The maximum atomic E-state index is 4.35. The lowest BCUT2D eigenvalue weighted by molar-refractivity contribution is 0.152. The molecule has 1 aliphatic rings. The van der Waals surface area contributed by atoms with Crippen LogP contribution < -0.4 is 10.6 Å². The molecule has 1 atom stereocenters. The number of nitrogens with one attached hydrogen (secondary N) is 2. The molecule has 0 aromatic carbocycles. The van der Waals surface area contributed by atoms with Crippen molar-refractivity contribution in [2.75, 3.05) is 53.4 Å². The van der Waals surface area contributed by atoms with E-state index in [0.29, 0.717) is 6.04 Å². The van der Waals surface area contributed by atoms with Gasteiger partial charge in [-0.05, 0) is 52.4 Å². The summed E-state index contributed by atoms with van der Waals surface area (Å²) >= 11 is 1.88. The Morgan fingerprint density at radius 2 is 1.96 bits per heavy atom. The van der Waals surface area contributed by atoms with E-state index in [1.807, 2.05) is 18.4 Å². The van der Waals surface area contributed by atoms with Crippen molar-refractivity contribution in [2.45, 2.75) is 39.2 Å². The third-order valence-electron chi connectivity index (χ3n) is 4.70. The molecule has 0 radical (unpaired) electrons. The standard InChI is InChI=1S/C19H35N5S.HI/c1-16(15-18-8-7-17(2)25-18)22-19(20-3)21-9-5-6-10-24-13-11-23(4)12-14-24;/h7-8,16H,5-6,9-15H2,1-4H3,(H2,20,21,22);1H. The van der Waals surface area contributed by atoms with Crippen LogP contribution in [-0.2, 0) is 6.42 Å². The van der Waals surface area contributed by atoms with E-state index in [4.69, 9.17) is 0 Å². The zero-order valence-corrected chi connectivity index (χ0v) is 19.9. The Bertz CT molecular complexity index is 526. The molecule has 0 spiro atoms. The molecular formula is C19H36IN5S. The number of aliphatic imine (C=N–C) groups is 1. The van der Waals surface area contributed by atoms with Gasteiger partial charge in [-0.1, -0.05) is 0 Å². The lowest BCUT2D eigenvalue weighted by Crippen LogP contribution is -2.45. The third kappa shape index (κ3) is 9.01.